The lowest BCUT2D eigenvalue weighted by molar-refractivity contribution is 0.542. The van der Waals surface area contributed by atoms with E-state index in [4.69, 9.17) is 0 Å². The van der Waals surface area contributed by atoms with Crippen LogP contribution in [0.5, 0.6) is 0 Å². The maximum absolute atomic E-state index is 4.16. The van der Waals surface area contributed by atoms with Gasteiger partial charge in [-0.1, -0.05) is 63.3 Å². The molecule has 0 saturated heterocycles. The fourth-order valence-corrected chi connectivity index (χ4v) is 2.58. The summed E-state index contributed by atoms with van der Waals surface area (Å²) in [6.07, 6.45) is 3.53. The van der Waals surface area contributed by atoms with Gasteiger partial charge in [0.25, 0.3) is 0 Å². The maximum atomic E-state index is 4.16. The van der Waals surface area contributed by atoms with Gasteiger partial charge in [-0.2, -0.15) is 0 Å². The predicted molar refractivity (Wildman–Crippen MR) is 75.9 cm³/mol. The molecule has 0 fully saturated rings. The zero-order valence-corrected chi connectivity index (χ0v) is 11.4. The summed E-state index contributed by atoms with van der Waals surface area (Å²) < 4.78 is 0. The van der Waals surface area contributed by atoms with Crippen molar-refractivity contribution in [1.82, 2.24) is 0 Å². The molecule has 90 valence electrons. The van der Waals surface area contributed by atoms with E-state index in [1.165, 1.54) is 22.3 Å². The molecule has 0 nitrogen and oxygen atoms in total. The molecule has 0 heterocycles. The molecule has 2 rings (SSSR count). The second-order valence-corrected chi connectivity index (χ2v) is 6.23. The highest BCUT2D eigenvalue weighted by atomic mass is 14.3. The average molecular weight is 226 g/mol. The third-order valence-electron chi connectivity index (χ3n) is 3.31. The van der Waals surface area contributed by atoms with E-state index in [1.807, 2.05) is 0 Å². The highest BCUT2D eigenvalue weighted by Gasteiger charge is 2.28. The summed E-state index contributed by atoms with van der Waals surface area (Å²) >= 11 is 0. The van der Waals surface area contributed by atoms with Gasteiger partial charge in [0.2, 0.25) is 0 Å². The molecule has 17 heavy (non-hydrogen) atoms. The Bertz CT molecular complexity index is 469. The molecular weight excluding hydrogens is 204 g/mol. The fraction of sp³-hybridized carbons (Fsp3) is 0.412. The Hall–Kier alpha value is -1.30. The molecule has 0 spiro atoms. The van der Waals surface area contributed by atoms with Crippen molar-refractivity contribution in [2.24, 2.45) is 11.3 Å². The molecular formula is C17H22. The van der Waals surface area contributed by atoms with Crippen molar-refractivity contribution in [3.05, 3.63) is 53.6 Å². The van der Waals surface area contributed by atoms with Crippen LogP contribution in [0.3, 0.4) is 0 Å². The van der Waals surface area contributed by atoms with Gasteiger partial charge in [0.05, 0.1) is 0 Å². The molecule has 0 saturated carbocycles. The first kappa shape index (κ1) is 12.2. The van der Waals surface area contributed by atoms with Gasteiger partial charge in [-0.05, 0) is 35.5 Å². The van der Waals surface area contributed by atoms with E-state index < -0.39 is 0 Å². The van der Waals surface area contributed by atoms with E-state index in [0.717, 1.165) is 6.42 Å². The Morgan fingerprint density at radius 2 is 1.94 bits per heavy atom. The molecule has 1 aromatic rings. The van der Waals surface area contributed by atoms with E-state index in [9.17, 15) is 0 Å². The van der Waals surface area contributed by atoms with E-state index in [1.54, 1.807) is 0 Å². The van der Waals surface area contributed by atoms with Crippen LogP contribution in [0, 0.1) is 11.3 Å². The van der Waals surface area contributed by atoms with Gasteiger partial charge in [0, 0.05) is 5.92 Å². The maximum Gasteiger partial charge on any atom is 0.00864 e. The second kappa shape index (κ2) is 4.18. The minimum atomic E-state index is 0.223. The first-order valence-corrected chi connectivity index (χ1v) is 6.35. The molecule has 1 aromatic carbocycles. The lowest BCUT2D eigenvalue weighted by Gasteiger charge is -2.19. The smallest absolute Gasteiger partial charge is 0.00864 e. The molecule has 0 aliphatic heterocycles. The molecule has 0 N–H and O–H groups in total. The molecule has 1 atom stereocenters. The first-order chi connectivity index (χ1) is 7.88. The minimum Gasteiger partial charge on any atom is -0.0995 e. The summed E-state index contributed by atoms with van der Waals surface area (Å²) in [5, 5.41) is 0. The van der Waals surface area contributed by atoms with Crippen molar-refractivity contribution in [3.8, 4) is 0 Å². The van der Waals surface area contributed by atoms with Crippen molar-refractivity contribution >= 4 is 5.57 Å². The van der Waals surface area contributed by atoms with Crippen LogP contribution in [-0.4, -0.2) is 0 Å². The quantitative estimate of drug-likeness (QED) is 0.600. The molecule has 1 aliphatic carbocycles. The Labute approximate surface area is 105 Å². The predicted octanol–water partition coefficient (Wildman–Crippen LogP) is 4.86. The van der Waals surface area contributed by atoms with Crippen molar-refractivity contribution in [3.63, 3.8) is 0 Å². The number of rotatable bonds is 1. The summed E-state index contributed by atoms with van der Waals surface area (Å²) in [5.41, 5.74) is 5.87. The van der Waals surface area contributed by atoms with Gasteiger partial charge >= 0.3 is 0 Å². The van der Waals surface area contributed by atoms with Crippen LogP contribution >= 0.6 is 0 Å². The minimum absolute atomic E-state index is 0.223. The van der Waals surface area contributed by atoms with E-state index in [-0.39, 0.29) is 5.41 Å². The Kier molecular flexibility index (Phi) is 2.99. The normalized spacial score (nSPS) is 21.6. The van der Waals surface area contributed by atoms with Crippen LogP contribution in [-0.2, 0) is 6.42 Å². The summed E-state index contributed by atoms with van der Waals surface area (Å²) in [5.74, 6) is 0.506. The topological polar surface area (TPSA) is 0 Å². The van der Waals surface area contributed by atoms with Crippen LogP contribution in [0.25, 0.3) is 5.57 Å². The third-order valence-corrected chi connectivity index (χ3v) is 3.31. The molecule has 0 amide bonds. The Balaban J connectivity index is 2.52. The van der Waals surface area contributed by atoms with Crippen LogP contribution in [0.15, 0.2) is 42.5 Å². The van der Waals surface area contributed by atoms with E-state index >= 15 is 0 Å². The molecule has 1 unspecified atom stereocenters. The number of allylic oxidation sites excluding steroid dienone is 3. The van der Waals surface area contributed by atoms with Crippen molar-refractivity contribution in [1.29, 1.82) is 0 Å². The number of hydrogen-bond donors (Lipinski definition) is 0. The third kappa shape index (κ3) is 2.52. The zero-order valence-electron chi connectivity index (χ0n) is 11.4. The van der Waals surface area contributed by atoms with Crippen molar-refractivity contribution in [2.45, 2.75) is 34.1 Å². The SMILES string of the molecule is C=C(C)C1Cc2ccccc2/C1=C\C(C)(C)C. The fourth-order valence-electron chi connectivity index (χ4n) is 2.58. The van der Waals surface area contributed by atoms with Gasteiger partial charge in [-0.15, -0.1) is 0 Å². The van der Waals surface area contributed by atoms with Gasteiger partial charge in [-0.25, -0.2) is 0 Å². The average Bonchev–Trinajstić information content (AvgIpc) is 2.55. The number of hydrogen-bond acceptors (Lipinski definition) is 0. The van der Waals surface area contributed by atoms with E-state index in [2.05, 4.69) is 64.6 Å². The van der Waals surface area contributed by atoms with Gasteiger partial charge in [-0.3, -0.25) is 0 Å². The van der Waals surface area contributed by atoms with Crippen LogP contribution in [0.4, 0.5) is 0 Å². The first-order valence-electron chi connectivity index (χ1n) is 6.35. The highest BCUT2D eigenvalue weighted by molar-refractivity contribution is 5.76. The van der Waals surface area contributed by atoms with Crippen molar-refractivity contribution in [2.75, 3.05) is 0 Å². The largest absolute Gasteiger partial charge is 0.0995 e. The van der Waals surface area contributed by atoms with Gasteiger partial charge in [0.1, 0.15) is 0 Å². The van der Waals surface area contributed by atoms with E-state index in [0.29, 0.717) is 5.92 Å². The summed E-state index contributed by atoms with van der Waals surface area (Å²) in [7, 11) is 0. The monoisotopic (exact) mass is 226 g/mol. The van der Waals surface area contributed by atoms with Crippen molar-refractivity contribution < 1.29 is 0 Å². The molecule has 0 heteroatoms. The summed E-state index contributed by atoms with van der Waals surface area (Å²) in [4.78, 5) is 0. The Morgan fingerprint density at radius 3 is 2.53 bits per heavy atom. The number of benzene rings is 1. The standard InChI is InChI=1S/C17H22/c1-12(2)15-10-13-8-6-7-9-14(13)16(15)11-17(3,4)5/h6-9,11,15H,1,10H2,2-5H3/b16-11+. The Morgan fingerprint density at radius 1 is 1.29 bits per heavy atom. The zero-order chi connectivity index (χ0) is 12.6. The summed E-state index contributed by atoms with van der Waals surface area (Å²) in [6.45, 7) is 13.1. The lowest BCUT2D eigenvalue weighted by atomic mass is 9.86. The highest BCUT2D eigenvalue weighted by Crippen LogP contribution is 2.42. The van der Waals surface area contributed by atoms with Gasteiger partial charge < -0.3 is 0 Å². The summed E-state index contributed by atoms with van der Waals surface area (Å²) in [6, 6.07) is 8.76. The van der Waals surface area contributed by atoms with Gasteiger partial charge in [0.15, 0.2) is 0 Å². The van der Waals surface area contributed by atoms with Crippen LogP contribution in [0.1, 0.15) is 38.8 Å². The van der Waals surface area contributed by atoms with Crippen LogP contribution in [0.2, 0.25) is 0 Å². The second-order valence-electron chi connectivity index (χ2n) is 6.23. The lowest BCUT2D eigenvalue weighted by Crippen LogP contribution is -2.05. The molecule has 0 radical (unpaired) electrons. The van der Waals surface area contributed by atoms with Crippen LogP contribution < -0.4 is 0 Å². The molecule has 1 aliphatic rings. The molecule has 0 bridgehead atoms. The molecule has 0 aromatic heterocycles. The number of fused-ring (bicyclic) bond motifs is 1.